The van der Waals surface area contributed by atoms with Gasteiger partial charge in [0, 0.05) is 56.3 Å². The number of carbonyl (C=O) groups is 2. The van der Waals surface area contributed by atoms with Gasteiger partial charge in [-0.05, 0) is 52.3 Å². The average Bonchev–Trinajstić information content (AvgIpc) is 3.40. The zero-order valence-corrected chi connectivity index (χ0v) is 22.8. The summed E-state index contributed by atoms with van der Waals surface area (Å²) < 4.78 is 13.4. The molecule has 2 amide bonds. The number of benzene rings is 2. The molecule has 196 valence electrons. The van der Waals surface area contributed by atoms with E-state index in [4.69, 9.17) is 0 Å². The molecule has 1 aromatic heterocycles. The van der Waals surface area contributed by atoms with Crippen LogP contribution in [-0.4, -0.2) is 65.8 Å². The van der Waals surface area contributed by atoms with E-state index in [1.807, 2.05) is 51.6 Å². The number of halogens is 1. The summed E-state index contributed by atoms with van der Waals surface area (Å²) >= 11 is 1.58. The molecule has 0 saturated carbocycles. The highest BCUT2D eigenvalue weighted by Gasteiger charge is 2.24. The highest BCUT2D eigenvalue weighted by atomic mass is 32.1. The maximum Gasteiger partial charge on any atom is 0.253 e. The molecule has 0 spiro atoms. The van der Waals surface area contributed by atoms with Crippen molar-refractivity contribution in [3.05, 3.63) is 93.4 Å². The van der Waals surface area contributed by atoms with Crippen LogP contribution in [0.15, 0.2) is 66.0 Å². The van der Waals surface area contributed by atoms with Crippen molar-refractivity contribution in [3.63, 3.8) is 0 Å². The van der Waals surface area contributed by atoms with E-state index in [1.165, 1.54) is 17.7 Å². The maximum absolute atomic E-state index is 13.4. The van der Waals surface area contributed by atoms with Gasteiger partial charge in [0.15, 0.2) is 0 Å². The molecule has 3 aromatic rings. The van der Waals surface area contributed by atoms with E-state index >= 15 is 0 Å². The molecule has 1 aliphatic heterocycles. The van der Waals surface area contributed by atoms with Crippen LogP contribution in [-0.2, 0) is 23.2 Å². The summed E-state index contributed by atoms with van der Waals surface area (Å²) in [5.41, 5.74) is 2.91. The van der Waals surface area contributed by atoms with E-state index in [-0.39, 0.29) is 23.0 Å². The number of hydrogen-bond acceptors (Lipinski definition) is 4. The van der Waals surface area contributed by atoms with E-state index in [1.54, 1.807) is 23.5 Å². The normalized spacial score (nSPS) is 14.5. The van der Waals surface area contributed by atoms with Gasteiger partial charge in [0.2, 0.25) is 5.91 Å². The van der Waals surface area contributed by atoms with E-state index in [0.29, 0.717) is 32.6 Å². The van der Waals surface area contributed by atoms with Gasteiger partial charge in [0.05, 0.1) is 6.42 Å². The third kappa shape index (κ3) is 7.49. The van der Waals surface area contributed by atoms with Crippen LogP contribution in [0.4, 0.5) is 4.39 Å². The van der Waals surface area contributed by atoms with E-state index < -0.39 is 0 Å². The summed E-state index contributed by atoms with van der Waals surface area (Å²) in [6.45, 7) is 11.2. The molecule has 7 heteroatoms. The van der Waals surface area contributed by atoms with Gasteiger partial charge in [0.25, 0.3) is 5.91 Å². The number of hydrogen-bond donors (Lipinski definition) is 0. The number of thiophene rings is 1. The zero-order chi connectivity index (χ0) is 26.4. The second-order valence-electron chi connectivity index (χ2n) is 10.7. The van der Waals surface area contributed by atoms with Crippen molar-refractivity contribution >= 4 is 23.2 Å². The fourth-order valence-corrected chi connectivity index (χ4v) is 5.20. The SMILES string of the molecule is CC(C)(C)c1ccc(C(=O)N2CCN(CCN(Cc3ccc(F)cc3)C(=O)Cc3cccs3)CC2)cc1. The Hall–Kier alpha value is -3.03. The third-order valence-corrected chi connectivity index (χ3v) is 7.76. The minimum Gasteiger partial charge on any atom is -0.337 e. The monoisotopic (exact) mass is 521 g/mol. The number of piperazine rings is 1. The van der Waals surface area contributed by atoms with Crippen LogP contribution in [0.2, 0.25) is 0 Å². The highest BCUT2D eigenvalue weighted by molar-refractivity contribution is 7.10. The van der Waals surface area contributed by atoms with Crippen LogP contribution in [0.1, 0.15) is 47.1 Å². The van der Waals surface area contributed by atoms with Crippen molar-refractivity contribution < 1.29 is 14.0 Å². The third-order valence-electron chi connectivity index (χ3n) is 6.89. The molecule has 2 aromatic carbocycles. The topological polar surface area (TPSA) is 43.9 Å². The fraction of sp³-hybridized carbons (Fsp3) is 0.400. The summed E-state index contributed by atoms with van der Waals surface area (Å²) in [6.07, 6.45) is 0.370. The van der Waals surface area contributed by atoms with Crippen molar-refractivity contribution in [2.24, 2.45) is 0 Å². The van der Waals surface area contributed by atoms with Gasteiger partial charge in [-0.15, -0.1) is 11.3 Å². The van der Waals surface area contributed by atoms with Gasteiger partial charge in [-0.25, -0.2) is 4.39 Å². The summed E-state index contributed by atoms with van der Waals surface area (Å²) in [7, 11) is 0. The van der Waals surface area contributed by atoms with E-state index in [0.717, 1.165) is 35.6 Å². The molecule has 1 fully saturated rings. The summed E-state index contributed by atoms with van der Waals surface area (Å²) in [4.78, 5) is 33.3. The summed E-state index contributed by atoms with van der Waals surface area (Å²) in [5.74, 6) is -0.138. The summed E-state index contributed by atoms with van der Waals surface area (Å²) in [5, 5.41) is 1.98. The van der Waals surface area contributed by atoms with Gasteiger partial charge in [-0.2, -0.15) is 0 Å². The molecule has 5 nitrogen and oxygen atoms in total. The lowest BCUT2D eigenvalue weighted by Gasteiger charge is -2.36. The first-order chi connectivity index (χ1) is 17.7. The molecular weight excluding hydrogens is 485 g/mol. The van der Waals surface area contributed by atoms with Crippen molar-refractivity contribution in [1.29, 1.82) is 0 Å². The predicted molar refractivity (Wildman–Crippen MR) is 147 cm³/mol. The van der Waals surface area contributed by atoms with Gasteiger partial charge in [0.1, 0.15) is 5.82 Å². The first-order valence-corrected chi connectivity index (χ1v) is 13.7. The van der Waals surface area contributed by atoms with Crippen molar-refractivity contribution in [2.75, 3.05) is 39.3 Å². The van der Waals surface area contributed by atoms with Gasteiger partial charge < -0.3 is 9.80 Å². The average molecular weight is 522 g/mol. The number of nitrogens with zero attached hydrogens (tertiary/aromatic N) is 3. The Labute approximate surface area is 223 Å². The molecular formula is C30H36FN3O2S. The standard InChI is InChI=1S/C30H36FN3O2S/c1-30(2,3)25-10-8-24(9-11-25)29(36)33-17-14-32(15-18-33)16-19-34(22-23-6-12-26(31)13-7-23)28(35)21-27-5-4-20-37-27/h4-13,20H,14-19,21-22H2,1-3H3. The van der Waals surface area contributed by atoms with Crippen molar-refractivity contribution in [1.82, 2.24) is 14.7 Å². The molecule has 0 unspecified atom stereocenters. The Morgan fingerprint density at radius 1 is 0.946 bits per heavy atom. The van der Waals surface area contributed by atoms with E-state index in [2.05, 4.69) is 25.7 Å². The molecule has 0 radical (unpaired) electrons. The molecule has 4 rings (SSSR count). The Bertz CT molecular complexity index is 1160. The van der Waals surface area contributed by atoms with Crippen molar-refractivity contribution in [2.45, 2.75) is 39.2 Å². The second-order valence-corrected chi connectivity index (χ2v) is 11.7. The lowest BCUT2D eigenvalue weighted by Crippen LogP contribution is -2.50. The Morgan fingerprint density at radius 3 is 2.22 bits per heavy atom. The maximum atomic E-state index is 13.4. The fourth-order valence-electron chi connectivity index (χ4n) is 4.51. The second kappa shape index (κ2) is 12.0. The molecule has 1 aliphatic rings. The lowest BCUT2D eigenvalue weighted by molar-refractivity contribution is -0.131. The molecule has 37 heavy (non-hydrogen) atoms. The first-order valence-electron chi connectivity index (χ1n) is 12.9. The van der Waals surface area contributed by atoms with Crippen LogP contribution in [0, 0.1) is 5.82 Å². The minimum absolute atomic E-state index is 0.0585. The van der Waals surface area contributed by atoms with Crippen LogP contribution < -0.4 is 0 Å². The first kappa shape index (κ1) is 27.0. The Kier molecular flexibility index (Phi) is 8.77. The van der Waals surface area contributed by atoms with Gasteiger partial charge in [-0.1, -0.05) is 51.1 Å². The van der Waals surface area contributed by atoms with Crippen LogP contribution in [0.5, 0.6) is 0 Å². The van der Waals surface area contributed by atoms with Crippen LogP contribution in [0.3, 0.4) is 0 Å². The Morgan fingerprint density at radius 2 is 1.62 bits per heavy atom. The number of rotatable bonds is 8. The van der Waals surface area contributed by atoms with Crippen molar-refractivity contribution in [3.8, 4) is 0 Å². The number of carbonyl (C=O) groups excluding carboxylic acids is 2. The largest absolute Gasteiger partial charge is 0.337 e. The molecule has 1 saturated heterocycles. The Balaban J connectivity index is 1.31. The van der Waals surface area contributed by atoms with E-state index in [9.17, 15) is 14.0 Å². The van der Waals surface area contributed by atoms with Gasteiger partial charge in [-0.3, -0.25) is 14.5 Å². The van der Waals surface area contributed by atoms with Crippen LogP contribution >= 0.6 is 11.3 Å². The highest BCUT2D eigenvalue weighted by Crippen LogP contribution is 2.23. The zero-order valence-electron chi connectivity index (χ0n) is 22.0. The molecule has 0 bridgehead atoms. The summed E-state index contributed by atoms with van der Waals surface area (Å²) in [6, 6.07) is 18.2. The minimum atomic E-state index is -0.280. The lowest BCUT2D eigenvalue weighted by atomic mass is 9.86. The van der Waals surface area contributed by atoms with Crippen LogP contribution in [0.25, 0.3) is 0 Å². The molecule has 0 atom stereocenters. The predicted octanol–water partition coefficient (Wildman–Crippen LogP) is 5.21. The molecule has 0 N–H and O–H groups in total. The number of amides is 2. The smallest absolute Gasteiger partial charge is 0.253 e. The van der Waals surface area contributed by atoms with Gasteiger partial charge >= 0.3 is 0 Å². The molecule has 2 heterocycles. The molecule has 0 aliphatic carbocycles. The quantitative estimate of drug-likeness (QED) is 0.409.